The van der Waals surface area contributed by atoms with Crippen molar-refractivity contribution in [3.8, 4) is 0 Å². The van der Waals surface area contributed by atoms with Gasteiger partial charge in [-0.15, -0.1) is 11.3 Å². The van der Waals surface area contributed by atoms with Gasteiger partial charge in [-0.3, -0.25) is 9.69 Å². The average Bonchev–Trinajstić information content (AvgIpc) is 3.52. The van der Waals surface area contributed by atoms with E-state index in [9.17, 15) is 13.2 Å². The smallest absolute Gasteiger partial charge is 0.251 e. The molecule has 7 nitrogen and oxygen atoms in total. The minimum atomic E-state index is -3.68. The second-order valence-corrected chi connectivity index (χ2v) is 11.3. The molecular weight excluding hydrogens is 446 g/mol. The molecule has 2 aromatic rings. The van der Waals surface area contributed by atoms with Crippen molar-refractivity contribution in [3.63, 3.8) is 0 Å². The van der Waals surface area contributed by atoms with Gasteiger partial charge in [0.15, 0.2) is 0 Å². The maximum absolute atomic E-state index is 12.7. The van der Waals surface area contributed by atoms with E-state index in [1.165, 1.54) is 17.0 Å². The Morgan fingerprint density at radius 3 is 2.69 bits per heavy atom. The summed E-state index contributed by atoms with van der Waals surface area (Å²) in [6, 6.07) is 10.5. The minimum Gasteiger partial charge on any atom is -0.377 e. The van der Waals surface area contributed by atoms with E-state index in [1.54, 1.807) is 23.5 Å². The monoisotopic (exact) mass is 477 g/mol. The zero-order chi connectivity index (χ0) is 22.4. The summed E-state index contributed by atoms with van der Waals surface area (Å²) in [6.45, 7) is 4.60. The van der Waals surface area contributed by atoms with Crippen LogP contribution in [0.25, 0.3) is 0 Å². The number of likely N-dealkylation sites (tertiary alicyclic amines) is 1. The molecule has 1 aromatic carbocycles. The molecule has 3 heterocycles. The van der Waals surface area contributed by atoms with E-state index in [2.05, 4.69) is 32.5 Å². The fraction of sp³-hybridized carbons (Fsp3) is 0.522. The molecule has 2 N–H and O–H groups in total. The third kappa shape index (κ3) is 6.39. The Hall–Kier alpha value is -1.78. The first-order valence-electron chi connectivity index (χ1n) is 11.2. The van der Waals surface area contributed by atoms with E-state index in [1.807, 2.05) is 0 Å². The van der Waals surface area contributed by atoms with Gasteiger partial charge >= 0.3 is 0 Å². The van der Waals surface area contributed by atoms with Crippen LogP contribution in [0.1, 0.15) is 40.9 Å². The van der Waals surface area contributed by atoms with Gasteiger partial charge in [-0.05, 0) is 74.3 Å². The number of hydrogen-bond acceptors (Lipinski definition) is 6. The van der Waals surface area contributed by atoms with Crippen LogP contribution in [-0.4, -0.2) is 58.1 Å². The number of nitrogens with zero attached hydrogens (tertiary/aromatic N) is 1. The van der Waals surface area contributed by atoms with Crippen molar-refractivity contribution in [3.05, 3.63) is 52.2 Å². The van der Waals surface area contributed by atoms with E-state index in [0.29, 0.717) is 24.6 Å². The van der Waals surface area contributed by atoms with Crippen LogP contribution in [0.5, 0.6) is 0 Å². The molecule has 32 heavy (non-hydrogen) atoms. The second-order valence-electron chi connectivity index (χ2n) is 8.52. The zero-order valence-electron chi connectivity index (χ0n) is 18.2. The molecule has 9 heteroatoms. The molecule has 174 valence electrons. The highest BCUT2D eigenvalue weighted by atomic mass is 32.2. The number of carbonyl (C=O) groups is 1. The molecule has 1 amide bonds. The van der Waals surface area contributed by atoms with Gasteiger partial charge < -0.3 is 10.1 Å². The van der Waals surface area contributed by atoms with E-state index in [0.717, 1.165) is 45.3 Å². The molecule has 2 aliphatic rings. The number of sulfonamides is 1. The fourth-order valence-corrected chi connectivity index (χ4v) is 6.06. The van der Waals surface area contributed by atoms with E-state index in [4.69, 9.17) is 4.74 Å². The van der Waals surface area contributed by atoms with E-state index < -0.39 is 10.0 Å². The summed E-state index contributed by atoms with van der Waals surface area (Å²) in [7, 11) is -3.68. The van der Waals surface area contributed by atoms with Crippen LogP contribution in [0, 0.1) is 5.92 Å². The maximum Gasteiger partial charge on any atom is 0.251 e. The van der Waals surface area contributed by atoms with Crippen molar-refractivity contribution in [1.82, 2.24) is 14.9 Å². The van der Waals surface area contributed by atoms with Crippen molar-refractivity contribution in [1.29, 1.82) is 0 Å². The van der Waals surface area contributed by atoms with Crippen LogP contribution in [0.4, 0.5) is 0 Å². The van der Waals surface area contributed by atoms with Crippen molar-refractivity contribution < 1.29 is 17.9 Å². The van der Waals surface area contributed by atoms with Gasteiger partial charge in [0.2, 0.25) is 10.0 Å². The normalized spacial score (nSPS) is 20.4. The quantitative estimate of drug-likeness (QED) is 0.580. The number of nitrogens with one attached hydrogen (secondary N) is 2. The van der Waals surface area contributed by atoms with Crippen molar-refractivity contribution >= 4 is 27.3 Å². The summed E-state index contributed by atoms with van der Waals surface area (Å²) in [5.74, 6) is 0.209. The van der Waals surface area contributed by atoms with Crippen LogP contribution in [0.2, 0.25) is 0 Å². The topological polar surface area (TPSA) is 87.7 Å². The van der Waals surface area contributed by atoms with Gasteiger partial charge in [-0.1, -0.05) is 12.1 Å². The number of thiophene rings is 1. The lowest BCUT2D eigenvalue weighted by molar-refractivity contribution is 0.0935. The van der Waals surface area contributed by atoms with Gasteiger partial charge in [0.1, 0.15) is 0 Å². The van der Waals surface area contributed by atoms with Crippen LogP contribution in [-0.2, 0) is 21.3 Å². The molecule has 2 fully saturated rings. The maximum atomic E-state index is 12.7. The SMILES string of the molecule is O=C(NCC1CCN(Cc2cccs2)CC1)c1cccc(S(=O)(=O)NCC2CCCO2)c1. The van der Waals surface area contributed by atoms with Crippen molar-refractivity contribution in [2.45, 2.75) is 43.2 Å². The lowest BCUT2D eigenvalue weighted by Crippen LogP contribution is -2.38. The summed E-state index contributed by atoms with van der Waals surface area (Å²) < 4.78 is 33.3. The highest BCUT2D eigenvalue weighted by Gasteiger charge is 2.22. The first kappa shape index (κ1) is 23.4. The Kier molecular flexibility index (Phi) is 7.96. The molecule has 4 rings (SSSR count). The molecule has 2 saturated heterocycles. The third-order valence-corrected chi connectivity index (χ3v) is 8.43. The summed E-state index contributed by atoms with van der Waals surface area (Å²) in [5, 5.41) is 5.10. The molecule has 0 spiro atoms. The Morgan fingerprint density at radius 2 is 1.97 bits per heavy atom. The third-order valence-electron chi connectivity index (χ3n) is 6.15. The fourth-order valence-electron chi connectivity index (χ4n) is 4.21. The molecule has 1 unspecified atom stereocenters. The number of piperidine rings is 1. The molecule has 0 saturated carbocycles. The number of benzene rings is 1. The first-order chi connectivity index (χ1) is 15.5. The zero-order valence-corrected chi connectivity index (χ0v) is 19.8. The van der Waals surface area contributed by atoms with E-state index >= 15 is 0 Å². The van der Waals surface area contributed by atoms with E-state index in [-0.39, 0.29) is 23.5 Å². The average molecular weight is 478 g/mol. The number of carbonyl (C=O) groups excluding carboxylic acids is 1. The van der Waals surface area contributed by atoms with Crippen LogP contribution >= 0.6 is 11.3 Å². The highest BCUT2D eigenvalue weighted by molar-refractivity contribution is 7.89. The minimum absolute atomic E-state index is 0.0759. The van der Waals surface area contributed by atoms with Gasteiger partial charge in [-0.25, -0.2) is 13.1 Å². The largest absolute Gasteiger partial charge is 0.377 e. The number of amides is 1. The van der Waals surface area contributed by atoms with Crippen molar-refractivity contribution in [2.24, 2.45) is 5.92 Å². The Bertz CT molecular complexity index is 980. The summed E-state index contributed by atoms with van der Waals surface area (Å²) in [6.07, 6.45) is 3.83. The second kappa shape index (κ2) is 10.9. The number of ether oxygens (including phenoxy) is 1. The Labute approximate surface area is 194 Å². The molecular formula is C23H31N3O4S2. The van der Waals surface area contributed by atoms with Gasteiger partial charge in [0, 0.05) is 36.7 Å². The van der Waals surface area contributed by atoms with Gasteiger partial charge in [0.05, 0.1) is 11.0 Å². The predicted octanol–water partition coefficient (Wildman–Crippen LogP) is 2.85. The first-order valence-corrected chi connectivity index (χ1v) is 13.6. The van der Waals surface area contributed by atoms with Crippen molar-refractivity contribution in [2.75, 3.05) is 32.8 Å². The number of rotatable bonds is 9. The van der Waals surface area contributed by atoms with Gasteiger partial charge in [0.25, 0.3) is 5.91 Å². The summed E-state index contributed by atoms with van der Waals surface area (Å²) >= 11 is 1.79. The standard InChI is InChI=1S/C23H31N3O4S2/c27-23(24-15-18-8-10-26(11-9-18)17-21-6-3-13-31-21)19-4-1-7-22(14-19)32(28,29)25-16-20-5-2-12-30-20/h1,3-4,6-7,13-14,18,20,25H,2,5,8-12,15-17H2,(H,24,27). The molecule has 0 aliphatic carbocycles. The molecule has 1 atom stereocenters. The summed E-state index contributed by atoms with van der Waals surface area (Å²) in [5.41, 5.74) is 0.361. The number of hydrogen-bond donors (Lipinski definition) is 2. The van der Waals surface area contributed by atoms with Crippen LogP contribution in [0.15, 0.2) is 46.7 Å². The molecule has 0 bridgehead atoms. The lowest BCUT2D eigenvalue weighted by atomic mass is 9.96. The van der Waals surface area contributed by atoms with Crippen LogP contribution < -0.4 is 10.0 Å². The predicted molar refractivity (Wildman–Crippen MR) is 125 cm³/mol. The molecule has 2 aliphatic heterocycles. The van der Waals surface area contributed by atoms with Gasteiger partial charge in [-0.2, -0.15) is 0 Å². The highest BCUT2D eigenvalue weighted by Crippen LogP contribution is 2.20. The summed E-state index contributed by atoms with van der Waals surface area (Å²) in [4.78, 5) is 16.6. The molecule has 0 radical (unpaired) electrons. The molecule has 1 aromatic heterocycles. The Morgan fingerprint density at radius 1 is 1.12 bits per heavy atom. The lowest BCUT2D eigenvalue weighted by Gasteiger charge is -2.31. The Balaban J connectivity index is 1.25. The van der Waals surface area contributed by atoms with Crippen LogP contribution in [0.3, 0.4) is 0 Å².